The largest absolute Gasteiger partial charge is 0.492 e. The van der Waals surface area contributed by atoms with Crippen LogP contribution in [-0.2, 0) is 6.42 Å². The van der Waals surface area contributed by atoms with Gasteiger partial charge in [0.2, 0.25) is 0 Å². The van der Waals surface area contributed by atoms with Crippen LogP contribution in [-0.4, -0.2) is 32.1 Å². The number of rotatable bonds is 9. The van der Waals surface area contributed by atoms with E-state index in [-0.39, 0.29) is 0 Å². The van der Waals surface area contributed by atoms with Gasteiger partial charge < -0.3 is 9.64 Å². The number of likely N-dealkylation sites (N-methyl/N-ethyl adjacent to an activating group) is 1. The Morgan fingerprint density at radius 2 is 1.87 bits per heavy atom. The second kappa shape index (κ2) is 9.97. The zero-order valence-electron chi connectivity index (χ0n) is 15.4. The third-order valence-corrected chi connectivity index (χ3v) is 5.14. The van der Waals surface area contributed by atoms with Gasteiger partial charge in [-0.1, -0.05) is 57.2 Å². The number of ether oxygens (including phenoxy) is 1. The van der Waals surface area contributed by atoms with Gasteiger partial charge in [0.25, 0.3) is 0 Å². The van der Waals surface area contributed by atoms with Crippen LogP contribution in [0.5, 0.6) is 5.75 Å². The van der Waals surface area contributed by atoms with E-state index in [4.69, 9.17) is 4.74 Å². The molecule has 0 aliphatic heterocycles. The van der Waals surface area contributed by atoms with Crippen LogP contribution in [0.25, 0.3) is 0 Å². The maximum atomic E-state index is 5.99. The van der Waals surface area contributed by atoms with Crippen LogP contribution in [0.1, 0.15) is 57.4 Å². The fraction of sp³-hybridized carbons (Fsp3) is 0.714. The van der Waals surface area contributed by atoms with Crippen LogP contribution in [0.15, 0.2) is 24.3 Å². The molecule has 1 saturated carbocycles. The lowest BCUT2D eigenvalue weighted by Crippen LogP contribution is -2.19. The summed E-state index contributed by atoms with van der Waals surface area (Å²) >= 11 is 0. The molecule has 0 amide bonds. The summed E-state index contributed by atoms with van der Waals surface area (Å²) in [5, 5.41) is 0. The molecule has 0 spiro atoms. The van der Waals surface area contributed by atoms with E-state index < -0.39 is 0 Å². The Balaban J connectivity index is 1.77. The highest BCUT2D eigenvalue weighted by Gasteiger charge is 2.16. The summed E-state index contributed by atoms with van der Waals surface area (Å²) in [6.07, 6.45) is 11.2. The second-order valence-corrected chi connectivity index (χ2v) is 7.64. The summed E-state index contributed by atoms with van der Waals surface area (Å²) in [5.74, 6) is 2.90. The van der Waals surface area contributed by atoms with Gasteiger partial charge in [0.1, 0.15) is 12.4 Å². The van der Waals surface area contributed by atoms with Gasteiger partial charge >= 0.3 is 0 Å². The van der Waals surface area contributed by atoms with Crippen LogP contribution in [0, 0.1) is 11.8 Å². The molecule has 1 atom stereocenters. The lowest BCUT2D eigenvalue weighted by molar-refractivity contribution is 0.258. The summed E-state index contributed by atoms with van der Waals surface area (Å²) in [7, 11) is 4.17. The van der Waals surface area contributed by atoms with E-state index in [0.29, 0.717) is 0 Å². The number of benzene rings is 1. The van der Waals surface area contributed by atoms with Crippen LogP contribution in [0.2, 0.25) is 0 Å². The minimum atomic E-state index is 0.766. The third kappa shape index (κ3) is 6.95. The summed E-state index contributed by atoms with van der Waals surface area (Å²) < 4.78 is 5.99. The number of hydrogen-bond donors (Lipinski definition) is 0. The Kier molecular flexibility index (Phi) is 7.94. The Labute approximate surface area is 143 Å². The fourth-order valence-electron chi connectivity index (χ4n) is 3.70. The maximum Gasteiger partial charge on any atom is 0.122 e. The Hall–Kier alpha value is -1.02. The standard InChI is InChI=1S/C21H35NO/c1-18(17-19-9-5-4-6-10-19)13-14-20-11-7-8-12-21(20)23-16-15-22(2)3/h7-8,11-12,18-19H,4-6,9-10,13-17H2,1-3H3. The van der Waals surface area contributed by atoms with Gasteiger partial charge in [-0.15, -0.1) is 0 Å². The van der Waals surface area contributed by atoms with Crippen molar-refractivity contribution >= 4 is 0 Å². The van der Waals surface area contributed by atoms with Crippen molar-refractivity contribution in [3.8, 4) is 5.75 Å². The third-order valence-electron chi connectivity index (χ3n) is 5.14. The highest BCUT2D eigenvalue weighted by molar-refractivity contribution is 5.33. The predicted octanol–water partition coefficient (Wildman–Crippen LogP) is 5.17. The van der Waals surface area contributed by atoms with Gasteiger partial charge in [0.15, 0.2) is 0 Å². The van der Waals surface area contributed by atoms with E-state index in [0.717, 1.165) is 37.2 Å². The zero-order valence-corrected chi connectivity index (χ0v) is 15.4. The average molecular weight is 318 g/mol. The first-order valence-corrected chi connectivity index (χ1v) is 9.50. The minimum absolute atomic E-state index is 0.766. The minimum Gasteiger partial charge on any atom is -0.492 e. The molecular weight excluding hydrogens is 282 g/mol. The lowest BCUT2D eigenvalue weighted by atomic mass is 9.82. The van der Waals surface area contributed by atoms with E-state index in [1.165, 1.54) is 50.5 Å². The highest BCUT2D eigenvalue weighted by Crippen LogP contribution is 2.31. The van der Waals surface area contributed by atoms with Crippen LogP contribution in [0.3, 0.4) is 0 Å². The Bertz CT molecular complexity index is 437. The number of para-hydroxylation sites is 1. The number of hydrogen-bond acceptors (Lipinski definition) is 2. The van der Waals surface area contributed by atoms with Crippen molar-refractivity contribution in [2.24, 2.45) is 11.8 Å². The molecule has 2 nitrogen and oxygen atoms in total. The van der Waals surface area contributed by atoms with Crippen molar-refractivity contribution in [2.75, 3.05) is 27.2 Å². The molecule has 0 bridgehead atoms. The van der Waals surface area contributed by atoms with Gasteiger partial charge in [0.05, 0.1) is 0 Å². The predicted molar refractivity (Wildman–Crippen MR) is 99.2 cm³/mol. The first-order valence-electron chi connectivity index (χ1n) is 9.50. The van der Waals surface area contributed by atoms with E-state index in [9.17, 15) is 0 Å². The van der Waals surface area contributed by atoms with Crippen molar-refractivity contribution in [1.29, 1.82) is 0 Å². The van der Waals surface area contributed by atoms with Crippen molar-refractivity contribution in [2.45, 2.75) is 58.3 Å². The molecule has 2 rings (SSSR count). The van der Waals surface area contributed by atoms with E-state index in [1.807, 2.05) is 0 Å². The molecule has 1 aliphatic carbocycles. The van der Waals surface area contributed by atoms with Crippen molar-refractivity contribution in [3.63, 3.8) is 0 Å². The molecule has 1 unspecified atom stereocenters. The molecular formula is C21H35NO. The molecule has 1 fully saturated rings. The maximum absolute atomic E-state index is 5.99. The number of nitrogens with zero attached hydrogens (tertiary/aromatic N) is 1. The zero-order chi connectivity index (χ0) is 16.5. The quantitative estimate of drug-likeness (QED) is 0.623. The SMILES string of the molecule is CC(CCc1ccccc1OCCN(C)C)CC1CCCCC1. The van der Waals surface area contributed by atoms with Crippen molar-refractivity contribution in [3.05, 3.63) is 29.8 Å². The molecule has 0 N–H and O–H groups in total. The fourth-order valence-corrected chi connectivity index (χ4v) is 3.70. The number of aryl methyl sites for hydroxylation is 1. The average Bonchev–Trinajstić information content (AvgIpc) is 2.54. The smallest absolute Gasteiger partial charge is 0.122 e. The first-order chi connectivity index (χ1) is 11.1. The van der Waals surface area contributed by atoms with Crippen LogP contribution >= 0.6 is 0 Å². The summed E-state index contributed by atoms with van der Waals surface area (Å²) in [4.78, 5) is 2.16. The van der Waals surface area contributed by atoms with E-state index in [1.54, 1.807) is 0 Å². The molecule has 0 heterocycles. The van der Waals surface area contributed by atoms with Gasteiger partial charge in [0, 0.05) is 6.54 Å². The Morgan fingerprint density at radius 3 is 2.61 bits per heavy atom. The highest BCUT2D eigenvalue weighted by atomic mass is 16.5. The summed E-state index contributed by atoms with van der Waals surface area (Å²) in [6, 6.07) is 8.58. The van der Waals surface area contributed by atoms with Gasteiger partial charge in [-0.05, 0) is 56.8 Å². The monoisotopic (exact) mass is 317 g/mol. The topological polar surface area (TPSA) is 12.5 Å². The molecule has 23 heavy (non-hydrogen) atoms. The van der Waals surface area contributed by atoms with Crippen LogP contribution < -0.4 is 4.74 Å². The van der Waals surface area contributed by atoms with Crippen molar-refractivity contribution in [1.82, 2.24) is 4.90 Å². The Morgan fingerprint density at radius 1 is 1.13 bits per heavy atom. The molecule has 0 radical (unpaired) electrons. The molecule has 1 aliphatic rings. The normalized spacial score (nSPS) is 17.4. The first kappa shape index (κ1) is 18.3. The molecule has 0 aromatic heterocycles. The van der Waals surface area contributed by atoms with Crippen molar-refractivity contribution < 1.29 is 4.74 Å². The lowest BCUT2D eigenvalue weighted by Gasteiger charge is -2.24. The summed E-state index contributed by atoms with van der Waals surface area (Å²) in [5.41, 5.74) is 1.38. The molecule has 1 aromatic carbocycles. The summed E-state index contributed by atoms with van der Waals surface area (Å²) in [6.45, 7) is 4.16. The van der Waals surface area contributed by atoms with Gasteiger partial charge in [-0.3, -0.25) is 0 Å². The van der Waals surface area contributed by atoms with Gasteiger partial charge in [-0.25, -0.2) is 0 Å². The van der Waals surface area contributed by atoms with E-state index in [2.05, 4.69) is 50.2 Å². The molecule has 130 valence electrons. The van der Waals surface area contributed by atoms with E-state index >= 15 is 0 Å². The van der Waals surface area contributed by atoms with Crippen LogP contribution in [0.4, 0.5) is 0 Å². The van der Waals surface area contributed by atoms with Gasteiger partial charge in [-0.2, -0.15) is 0 Å². The molecule has 0 saturated heterocycles. The molecule has 1 aromatic rings. The second-order valence-electron chi connectivity index (χ2n) is 7.64. The molecule has 2 heteroatoms.